The number of piperidine rings is 1. The molecule has 1 aromatic rings. The molecule has 7 heteroatoms. The van der Waals surface area contributed by atoms with Gasteiger partial charge in [-0.15, -0.1) is 0 Å². The fourth-order valence-electron chi connectivity index (χ4n) is 3.45. The van der Waals surface area contributed by atoms with Crippen LogP contribution in [0.2, 0.25) is 5.02 Å². The highest BCUT2D eigenvalue weighted by atomic mass is 35.5. The summed E-state index contributed by atoms with van der Waals surface area (Å²) in [7, 11) is 0. The van der Waals surface area contributed by atoms with Crippen molar-refractivity contribution < 1.29 is 14.7 Å². The molecule has 0 saturated carbocycles. The summed E-state index contributed by atoms with van der Waals surface area (Å²) in [5, 5.41) is 16.4. The molecule has 0 aliphatic carbocycles. The number of carbonyl (C=O) groups is 2. The molecule has 25 heavy (non-hydrogen) atoms. The van der Waals surface area contributed by atoms with Gasteiger partial charge in [-0.2, -0.15) is 0 Å². The molecule has 2 aliphatic rings. The molecule has 3 atom stereocenters. The first-order chi connectivity index (χ1) is 12.0. The van der Waals surface area contributed by atoms with Gasteiger partial charge in [0.05, 0.1) is 12.0 Å². The first-order valence-corrected chi connectivity index (χ1v) is 9.13. The van der Waals surface area contributed by atoms with Crippen molar-refractivity contribution in [2.45, 2.75) is 18.9 Å². The first kappa shape index (κ1) is 18.2. The highest BCUT2D eigenvalue weighted by molar-refractivity contribution is 6.30. The SMILES string of the molecule is O=C(NCC1CNCC1O)C1CCCN(C(=O)c2ccc(Cl)cc2)C1. The number of rotatable bonds is 4. The molecule has 2 fully saturated rings. The maximum atomic E-state index is 12.6. The Kier molecular flexibility index (Phi) is 5.93. The minimum Gasteiger partial charge on any atom is -0.391 e. The molecule has 0 aromatic heterocycles. The number of amides is 2. The van der Waals surface area contributed by atoms with Crippen LogP contribution in [0.5, 0.6) is 0 Å². The number of β-amino-alcohol motifs (C(OH)–C–C–N with tert-alkyl or cyclic N) is 1. The molecule has 2 heterocycles. The first-order valence-electron chi connectivity index (χ1n) is 8.76. The van der Waals surface area contributed by atoms with Gasteiger partial charge in [0, 0.05) is 49.2 Å². The van der Waals surface area contributed by atoms with E-state index in [1.807, 2.05) is 0 Å². The highest BCUT2D eigenvalue weighted by Crippen LogP contribution is 2.20. The monoisotopic (exact) mass is 365 g/mol. The van der Waals surface area contributed by atoms with Crippen LogP contribution >= 0.6 is 11.6 Å². The van der Waals surface area contributed by atoms with E-state index in [1.54, 1.807) is 29.2 Å². The van der Waals surface area contributed by atoms with Crippen LogP contribution in [0.4, 0.5) is 0 Å². The number of aliphatic hydroxyl groups excluding tert-OH is 1. The van der Waals surface area contributed by atoms with Gasteiger partial charge in [0.25, 0.3) is 5.91 Å². The third-order valence-electron chi connectivity index (χ3n) is 5.01. The Bertz CT molecular complexity index is 622. The third-order valence-corrected chi connectivity index (χ3v) is 5.27. The van der Waals surface area contributed by atoms with Gasteiger partial charge in [0.2, 0.25) is 5.91 Å². The molecule has 2 amide bonds. The van der Waals surface area contributed by atoms with Crippen LogP contribution in [0.3, 0.4) is 0 Å². The standard InChI is InChI=1S/C18H24ClN3O3/c19-15-5-3-12(4-6-15)18(25)22-7-1-2-13(11-22)17(24)21-9-14-8-20-10-16(14)23/h3-6,13-14,16,20,23H,1-2,7-11H2,(H,21,24). The molecule has 3 N–H and O–H groups in total. The van der Waals surface area contributed by atoms with Crippen LogP contribution in [-0.4, -0.2) is 60.6 Å². The van der Waals surface area contributed by atoms with Crippen molar-refractivity contribution in [3.05, 3.63) is 34.9 Å². The van der Waals surface area contributed by atoms with Gasteiger partial charge in [0.1, 0.15) is 0 Å². The fraction of sp³-hybridized carbons (Fsp3) is 0.556. The van der Waals surface area contributed by atoms with E-state index in [0.717, 1.165) is 12.8 Å². The summed E-state index contributed by atoms with van der Waals surface area (Å²) >= 11 is 5.87. The van der Waals surface area contributed by atoms with Gasteiger partial charge in [-0.25, -0.2) is 0 Å². The molecular weight excluding hydrogens is 342 g/mol. The number of likely N-dealkylation sites (tertiary alicyclic amines) is 1. The molecule has 6 nitrogen and oxygen atoms in total. The Labute approximate surface area is 152 Å². The van der Waals surface area contributed by atoms with Gasteiger partial charge < -0.3 is 20.6 Å². The topological polar surface area (TPSA) is 81.7 Å². The number of aliphatic hydroxyl groups is 1. The summed E-state index contributed by atoms with van der Waals surface area (Å²) in [4.78, 5) is 26.8. The summed E-state index contributed by atoms with van der Waals surface area (Å²) in [5.41, 5.74) is 0.589. The highest BCUT2D eigenvalue weighted by Gasteiger charge is 2.30. The van der Waals surface area contributed by atoms with Crippen molar-refractivity contribution in [2.24, 2.45) is 11.8 Å². The second-order valence-corrected chi connectivity index (χ2v) is 7.26. The molecule has 3 rings (SSSR count). The Hall–Kier alpha value is -1.63. The Morgan fingerprint density at radius 1 is 1.28 bits per heavy atom. The lowest BCUT2D eigenvalue weighted by molar-refractivity contribution is -0.126. The van der Waals surface area contributed by atoms with Gasteiger partial charge in [-0.3, -0.25) is 9.59 Å². The molecule has 0 spiro atoms. The maximum Gasteiger partial charge on any atom is 0.253 e. The van der Waals surface area contributed by atoms with Gasteiger partial charge in [0.15, 0.2) is 0 Å². The van der Waals surface area contributed by atoms with E-state index < -0.39 is 6.10 Å². The molecule has 0 bridgehead atoms. The van der Waals surface area contributed by atoms with Crippen molar-refractivity contribution in [2.75, 3.05) is 32.7 Å². The molecule has 2 saturated heterocycles. The van der Waals surface area contributed by atoms with Crippen molar-refractivity contribution in [3.8, 4) is 0 Å². The van der Waals surface area contributed by atoms with E-state index in [1.165, 1.54) is 0 Å². The Balaban J connectivity index is 1.54. The summed E-state index contributed by atoms with van der Waals surface area (Å²) < 4.78 is 0. The third kappa shape index (κ3) is 4.51. The van der Waals surface area contributed by atoms with Crippen LogP contribution in [0.25, 0.3) is 0 Å². The number of nitrogens with zero attached hydrogens (tertiary/aromatic N) is 1. The average molecular weight is 366 g/mol. The maximum absolute atomic E-state index is 12.6. The van der Waals surface area contributed by atoms with Crippen molar-refractivity contribution in [3.63, 3.8) is 0 Å². The molecule has 1 aromatic carbocycles. The number of carbonyl (C=O) groups excluding carboxylic acids is 2. The van der Waals surface area contributed by atoms with Gasteiger partial charge >= 0.3 is 0 Å². The predicted molar refractivity (Wildman–Crippen MR) is 95.5 cm³/mol. The fourth-order valence-corrected chi connectivity index (χ4v) is 3.58. The van der Waals surface area contributed by atoms with Crippen molar-refractivity contribution >= 4 is 23.4 Å². The predicted octanol–water partition coefficient (Wildman–Crippen LogP) is 0.889. The largest absolute Gasteiger partial charge is 0.391 e. The normalized spacial score (nSPS) is 26.5. The molecule has 0 radical (unpaired) electrons. The number of nitrogens with one attached hydrogen (secondary N) is 2. The summed E-state index contributed by atoms with van der Waals surface area (Å²) in [5.74, 6) is -0.242. The van der Waals surface area contributed by atoms with E-state index in [4.69, 9.17) is 11.6 Å². The zero-order valence-corrected chi connectivity index (χ0v) is 14.8. The Morgan fingerprint density at radius 2 is 2.04 bits per heavy atom. The lowest BCUT2D eigenvalue weighted by Gasteiger charge is -2.32. The van der Waals surface area contributed by atoms with E-state index in [9.17, 15) is 14.7 Å². The number of benzene rings is 1. The molecular formula is C18H24ClN3O3. The quantitative estimate of drug-likeness (QED) is 0.740. The lowest BCUT2D eigenvalue weighted by Crippen LogP contribution is -2.46. The van der Waals surface area contributed by atoms with Crippen LogP contribution in [0.1, 0.15) is 23.2 Å². The van der Waals surface area contributed by atoms with E-state index >= 15 is 0 Å². The van der Waals surface area contributed by atoms with Crippen LogP contribution in [0.15, 0.2) is 24.3 Å². The van der Waals surface area contributed by atoms with Crippen LogP contribution in [-0.2, 0) is 4.79 Å². The van der Waals surface area contributed by atoms with Crippen molar-refractivity contribution in [1.82, 2.24) is 15.5 Å². The van der Waals surface area contributed by atoms with Crippen LogP contribution < -0.4 is 10.6 Å². The summed E-state index contributed by atoms with van der Waals surface area (Å²) in [6, 6.07) is 6.82. The number of hydrogen-bond donors (Lipinski definition) is 3. The summed E-state index contributed by atoms with van der Waals surface area (Å²) in [6.07, 6.45) is 1.18. The van der Waals surface area contributed by atoms with E-state index in [2.05, 4.69) is 10.6 Å². The van der Waals surface area contributed by atoms with Crippen LogP contribution in [0, 0.1) is 11.8 Å². The zero-order valence-electron chi connectivity index (χ0n) is 14.1. The average Bonchev–Trinajstić information content (AvgIpc) is 3.05. The lowest BCUT2D eigenvalue weighted by atomic mass is 9.96. The minimum absolute atomic E-state index is 0.0345. The van der Waals surface area contributed by atoms with E-state index in [0.29, 0.717) is 43.3 Å². The van der Waals surface area contributed by atoms with Gasteiger partial charge in [-0.05, 0) is 37.1 Å². The molecule has 2 aliphatic heterocycles. The summed E-state index contributed by atoms with van der Waals surface area (Å²) in [6.45, 7) is 2.85. The zero-order chi connectivity index (χ0) is 17.8. The molecule has 3 unspecified atom stereocenters. The number of halogens is 1. The minimum atomic E-state index is -0.408. The second-order valence-electron chi connectivity index (χ2n) is 6.83. The second kappa shape index (κ2) is 8.17. The van der Waals surface area contributed by atoms with Gasteiger partial charge in [-0.1, -0.05) is 11.6 Å². The Morgan fingerprint density at radius 3 is 2.72 bits per heavy atom. The smallest absolute Gasteiger partial charge is 0.253 e. The molecule has 136 valence electrons. The number of hydrogen-bond acceptors (Lipinski definition) is 4. The van der Waals surface area contributed by atoms with E-state index in [-0.39, 0.29) is 23.7 Å². The van der Waals surface area contributed by atoms with Crippen molar-refractivity contribution in [1.29, 1.82) is 0 Å².